The minimum atomic E-state index is -2.18. The molecule has 0 bridgehead atoms. The molecule has 1 rings (SSSR count). The standard InChI is InChI=1S/C34H74O4Si4/c1-21-22-23-27-26(2)29(37-41(17,18)33(6,7)8)31(38-42(19,20)34(9,10)11)30(35-27)28(24-25-39(12,13)14)36-40(15,16)32(3,4)5/h24-31H,21-23H2,1-20H3/b25-24+/t26-,27-,28-,29-,30-,31-/m0/s1. The third-order valence-electron chi connectivity index (χ3n) is 10.7. The smallest absolute Gasteiger partial charge is 0.193 e. The lowest BCUT2D eigenvalue weighted by atomic mass is 9.84. The van der Waals surface area contributed by atoms with Gasteiger partial charge in [0.2, 0.25) is 0 Å². The second kappa shape index (κ2) is 14.1. The third kappa shape index (κ3) is 10.8. The van der Waals surface area contributed by atoms with Crippen LogP contribution in [0.1, 0.15) is 95.4 Å². The number of hydrogen-bond acceptors (Lipinski definition) is 4. The summed E-state index contributed by atoms with van der Waals surface area (Å²) in [5.74, 6) is 0.242. The van der Waals surface area contributed by atoms with Crippen LogP contribution in [0.4, 0.5) is 0 Å². The Morgan fingerprint density at radius 3 is 1.50 bits per heavy atom. The van der Waals surface area contributed by atoms with Gasteiger partial charge in [0.05, 0.1) is 32.5 Å². The summed E-state index contributed by atoms with van der Waals surface area (Å²) < 4.78 is 29.6. The maximum absolute atomic E-state index is 7.49. The first-order chi connectivity index (χ1) is 18.5. The molecule has 1 aliphatic heterocycles. The van der Waals surface area contributed by atoms with Crippen LogP contribution >= 0.6 is 0 Å². The van der Waals surface area contributed by atoms with Gasteiger partial charge in [-0.15, -0.1) is 0 Å². The first kappa shape index (κ1) is 40.5. The van der Waals surface area contributed by atoms with Crippen molar-refractivity contribution in [1.82, 2.24) is 0 Å². The fraction of sp³-hybridized carbons (Fsp3) is 0.941. The molecule has 250 valence electrons. The van der Waals surface area contributed by atoms with Crippen molar-refractivity contribution >= 4 is 33.0 Å². The van der Waals surface area contributed by atoms with E-state index in [1.165, 1.54) is 0 Å². The van der Waals surface area contributed by atoms with Gasteiger partial charge in [-0.2, -0.15) is 0 Å². The van der Waals surface area contributed by atoms with Crippen LogP contribution in [-0.2, 0) is 18.0 Å². The van der Waals surface area contributed by atoms with E-state index in [1.54, 1.807) is 0 Å². The van der Waals surface area contributed by atoms with Crippen LogP contribution < -0.4 is 0 Å². The van der Waals surface area contributed by atoms with Crippen LogP contribution in [0.15, 0.2) is 11.8 Å². The molecule has 0 aromatic heterocycles. The summed E-state index contributed by atoms with van der Waals surface area (Å²) >= 11 is 0. The van der Waals surface area contributed by atoms with E-state index in [9.17, 15) is 0 Å². The van der Waals surface area contributed by atoms with E-state index in [0.717, 1.165) is 19.3 Å². The molecular formula is C34H74O4Si4. The van der Waals surface area contributed by atoms with E-state index in [2.05, 4.69) is 147 Å². The Balaban J connectivity index is 3.95. The van der Waals surface area contributed by atoms with Crippen LogP contribution in [0.5, 0.6) is 0 Å². The lowest BCUT2D eigenvalue weighted by molar-refractivity contribution is -0.207. The van der Waals surface area contributed by atoms with Crippen molar-refractivity contribution in [2.45, 2.75) is 200 Å². The van der Waals surface area contributed by atoms with Gasteiger partial charge in [0.1, 0.15) is 6.10 Å². The van der Waals surface area contributed by atoms with Crippen molar-refractivity contribution in [3.8, 4) is 0 Å². The highest BCUT2D eigenvalue weighted by atomic mass is 28.4. The summed E-state index contributed by atoms with van der Waals surface area (Å²) in [5.41, 5.74) is 2.46. The first-order valence-corrected chi connectivity index (χ1v) is 29.2. The van der Waals surface area contributed by atoms with Crippen molar-refractivity contribution in [3.05, 3.63) is 11.8 Å². The van der Waals surface area contributed by atoms with Crippen LogP contribution in [0.3, 0.4) is 0 Å². The highest BCUT2D eigenvalue weighted by Gasteiger charge is 2.55. The van der Waals surface area contributed by atoms with E-state index < -0.39 is 33.0 Å². The lowest BCUT2D eigenvalue weighted by Gasteiger charge is -2.54. The molecule has 0 radical (unpaired) electrons. The molecule has 0 aromatic rings. The van der Waals surface area contributed by atoms with Gasteiger partial charge in [-0.1, -0.05) is 120 Å². The summed E-state index contributed by atoms with van der Waals surface area (Å²) in [6.45, 7) is 47.2. The summed E-state index contributed by atoms with van der Waals surface area (Å²) in [6.07, 6.45) is 5.24. The van der Waals surface area contributed by atoms with Crippen molar-refractivity contribution in [1.29, 1.82) is 0 Å². The lowest BCUT2D eigenvalue weighted by Crippen LogP contribution is -2.65. The Hall–Kier alpha value is 0.448. The monoisotopic (exact) mass is 658 g/mol. The zero-order valence-corrected chi connectivity index (χ0v) is 35.9. The number of ether oxygens (including phenoxy) is 1. The molecule has 0 saturated carbocycles. The highest BCUT2D eigenvalue weighted by molar-refractivity contribution is 6.81. The third-order valence-corrected chi connectivity index (χ3v) is 25.4. The molecule has 1 heterocycles. The normalized spacial score (nSPS) is 26.6. The van der Waals surface area contributed by atoms with Gasteiger partial charge < -0.3 is 18.0 Å². The SMILES string of the molecule is CCCC[C@@H]1O[C@@H]([C@H](/C=C/[Si](C)(C)C)O[Si](C)(C)C(C)(C)C)[C@@H](O[Si](C)(C)C(C)(C)C)[C@@H](O[Si](C)(C)C(C)(C)C)[C@H]1C. The van der Waals surface area contributed by atoms with E-state index in [0.29, 0.717) is 0 Å². The summed E-state index contributed by atoms with van der Waals surface area (Å²) in [7, 11) is -7.91. The van der Waals surface area contributed by atoms with Gasteiger partial charge in [0, 0.05) is 5.92 Å². The molecule has 0 unspecified atom stereocenters. The largest absolute Gasteiger partial charge is 0.411 e. The van der Waals surface area contributed by atoms with Crippen LogP contribution in [0.2, 0.25) is 74.0 Å². The van der Waals surface area contributed by atoms with Crippen molar-refractivity contribution < 1.29 is 18.0 Å². The van der Waals surface area contributed by atoms with Gasteiger partial charge >= 0.3 is 0 Å². The molecule has 1 saturated heterocycles. The molecule has 1 fully saturated rings. The zero-order valence-electron chi connectivity index (χ0n) is 31.9. The summed E-state index contributed by atoms with van der Waals surface area (Å²) in [6, 6.07) is 0. The maximum Gasteiger partial charge on any atom is 0.193 e. The minimum absolute atomic E-state index is 0.0357. The van der Waals surface area contributed by atoms with E-state index in [1.807, 2.05) is 0 Å². The Bertz CT molecular complexity index is 872. The fourth-order valence-electron chi connectivity index (χ4n) is 4.56. The topological polar surface area (TPSA) is 36.9 Å². The number of rotatable bonds is 12. The number of hydrogen-bond donors (Lipinski definition) is 0. The quantitative estimate of drug-likeness (QED) is 0.196. The molecule has 0 spiro atoms. The molecule has 42 heavy (non-hydrogen) atoms. The zero-order chi connectivity index (χ0) is 33.3. The highest BCUT2D eigenvalue weighted by Crippen LogP contribution is 2.46. The summed E-state index contributed by atoms with van der Waals surface area (Å²) in [5, 5.41) is 0.274. The van der Waals surface area contributed by atoms with E-state index >= 15 is 0 Å². The maximum atomic E-state index is 7.49. The van der Waals surface area contributed by atoms with Crippen molar-refractivity contribution in [3.63, 3.8) is 0 Å². The Kier molecular flexibility index (Phi) is 13.5. The molecule has 0 N–H and O–H groups in total. The van der Waals surface area contributed by atoms with Crippen molar-refractivity contribution in [2.75, 3.05) is 0 Å². The number of unbranched alkanes of at least 4 members (excludes halogenated alkanes) is 1. The molecule has 4 nitrogen and oxygen atoms in total. The second-order valence-corrected chi connectivity index (χ2v) is 38.2. The Morgan fingerprint density at radius 1 is 0.690 bits per heavy atom. The van der Waals surface area contributed by atoms with Crippen LogP contribution in [0, 0.1) is 5.92 Å². The van der Waals surface area contributed by atoms with Crippen LogP contribution in [-0.4, -0.2) is 63.5 Å². The molecule has 8 heteroatoms. The molecule has 0 amide bonds. The predicted molar refractivity (Wildman–Crippen MR) is 196 cm³/mol. The minimum Gasteiger partial charge on any atom is -0.411 e. The average Bonchev–Trinajstić information content (AvgIpc) is 2.75. The van der Waals surface area contributed by atoms with Crippen molar-refractivity contribution in [2.24, 2.45) is 5.92 Å². The molecular weight excluding hydrogens is 585 g/mol. The van der Waals surface area contributed by atoms with Gasteiger partial charge in [0.25, 0.3) is 0 Å². The Morgan fingerprint density at radius 2 is 1.12 bits per heavy atom. The van der Waals surface area contributed by atoms with Crippen LogP contribution in [0.25, 0.3) is 0 Å². The van der Waals surface area contributed by atoms with Gasteiger partial charge in [0.15, 0.2) is 25.0 Å². The van der Waals surface area contributed by atoms with Gasteiger partial charge in [-0.05, 0) is 60.8 Å². The molecule has 1 aliphatic rings. The fourth-order valence-corrected chi connectivity index (χ4v) is 9.26. The predicted octanol–water partition coefficient (Wildman–Crippen LogP) is 11.2. The second-order valence-electron chi connectivity index (χ2n) is 18.9. The Labute approximate surface area is 267 Å². The van der Waals surface area contributed by atoms with E-state index in [4.69, 9.17) is 18.0 Å². The molecule has 0 aliphatic carbocycles. The van der Waals surface area contributed by atoms with Gasteiger partial charge in [-0.3, -0.25) is 0 Å². The van der Waals surface area contributed by atoms with Gasteiger partial charge in [-0.25, -0.2) is 0 Å². The van der Waals surface area contributed by atoms with E-state index in [-0.39, 0.29) is 51.6 Å². The molecule has 0 aromatic carbocycles. The summed E-state index contributed by atoms with van der Waals surface area (Å²) in [4.78, 5) is 0. The average molecular weight is 659 g/mol. The first-order valence-electron chi connectivity index (χ1n) is 16.9. The molecule has 6 atom stereocenters.